The molecule has 2 aromatic carbocycles. The molecule has 0 saturated heterocycles. The number of nitrogens with zero attached hydrogens (tertiary/aromatic N) is 2. The van der Waals surface area contributed by atoms with E-state index in [2.05, 4.69) is 4.98 Å². The predicted octanol–water partition coefficient (Wildman–Crippen LogP) is 4.19. The summed E-state index contributed by atoms with van der Waals surface area (Å²) in [6, 6.07) is 11.7. The van der Waals surface area contributed by atoms with E-state index in [-0.39, 0.29) is 18.5 Å². The van der Waals surface area contributed by atoms with Crippen molar-refractivity contribution in [3.05, 3.63) is 65.9 Å². The van der Waals surface area contributed by atoms with Gasteiger partial charge in [0.1, 0.15) is 5.82 Å². The number of halogens is 1. The minimum atomic E-state index is -0.304. The SMILES string of the molecule is CCN(Cc1ccc2c(c1)OCO2)C(=O)CCc1ncc(-c2ccc(F)cc2)o1. The van der Waals surface area contributed by atoms with Gasteiger partial charge in [-0.05, 0) is 48.9 Å². The van der Waals surface area contributed by atoms with Crippen molar-refractivity contribution in [2.45, 2.75) is 26.3 Å². The summed E-state index contributed by atoms with van der Waals surface area (Å²) in [6.07, 6.45) is 2.29. The molecule has 0 atom stereocenters. The Labute approximate surface area is 167 Å². The van der Waals surface area contributed by atoms with E-state index < -0.39 is 0 Å². The zero-order valence-corrected chi connectivity index (χ0v) is 16.1. The van der Waals surface area contributed by atoms with Gasteiger partial charge < -0.3 is 18.8 Å². The molecule has 4 rings (SSSR count). The molecule has 0 N–H and O–H groups in total. The molecule has 0 radical (unpaired) electrons. The third kappa shape index (κ3) is 4.39. The summed E-state index contributed by atoms with van der Waals surface area (Å²) in [5, 5.41) is 0. The Morgan fingerprint density at radius 1 is 1.14 bits per heavy atom. The summed E-state index contributed by atoms with van der Waals surface area (Å²) in [7, 11) is 0. The molecule has 0 aliphatic carbocycles. The van der Waals surface area contributed by atoms with E-state index in [1.165, 1.54) is 12.1 Å². The first kappa shape index (κ1) is 19.0. The van der Waals surface area contributed by atoms with Crippen molar-refractivity contribution in [3.8, 4) is 22.8 Å². The summed E-state index contributed by atoms with van der Waals surface area (Å²) in [5.41, 5.74) is 1.73. The number of ether oxygens (including phenoxy) is 2. The number of hydrogen-bond acceptors (Lipinski definition) is 5. The first-order chi connectivity index (χ1) is 14.1. The average molecular weight is 396 g/mol. The van der Waals surface area contributed by atoms with Gasteiger partial charge in [0.2, 0.25) is 12.7 Å². The predicted molar refractivity (Wildman–Crippen MR) is 104 cm³/mol. The zero-order valence-electron chi connectivity index (χ0n) is 16.1. The van der Waals surface area contributed by atoms with Crippen LogP contribution in [0.5, 0.6) is 11.5 Å². The number of rotatable bonds is 7. The second kappa shape index (κ2) is 8.34. The van der Waals surface area contributed by atoms with Crippen molar-refractivity contribution in [3.63, 3.8) is 0 Å². The van der Waals surface area contributed by atoms with Gasteiger partial charge in [0.05, 0.1) is 6.20 Å². The quantitative estimate of drug-likeness (QED) is 0.599. The molecule has 1 aliphatic heterocycles. The molecule has 1 aliphatic rings. The number of aryl methyl sites for hydroxylation is 1. The molecule has 0 fully saturated rings. The Morgan fingerprint density at radius 2 is 1.93 bits per heavy atom. The fraction of sp³-hybridized carbons (Fsp3) is 0.273. The minimum absolute atomic E-state index is 0.0201. The van der Waals surface area contributed by atoms with Crippen LogP contribution in [0.1, 0.15) is 24.8 Å². The highest BCUT2D eigenvalue weighted by atomic mass is 19.1. The number of carbonyl (C=O) groups excluding carboxylic acids is 1. The number of aromatic nitrogens is 1. The van der Waals surface area contributed by atoms with Crippen LogP contribution >= 0.6 is 0 Å². The topological polar surface area (TPSA) is 64.8 Å². The summed E-state index contributed by atoms with van der Waals surface area (Å²) in [5.74, 6) is 2.19. The zero-order chi connectivity index (χ0) is 20.2. The highest BCUT2D eigenvalue weighted by Crippen LogP contribution is 2.32. The van der Waals surface area contributed by atoms with Crippen LogP contribution in [-0.4, -0.2) is 29.1 Å². The van der Waals surface area contributed by atoms with Gasteiger partial charge in [-0.3, -0.25) is 4.79 Å². The van der Waals surface area contributed by atoms with E-state index in [1.807, 2.05) is 25.1 Å². The van der Waals surface area contributed by atoms with Gasteiger partial charge in [0, 0.05) is 31.5 Å². The maximum atomic E-state index is 13.0. The molecule has 2 heterocycles. The maximum absolute atomic E-state index is 13.0. The largest absolute Gasteiger partial charge is 0.454 e. The number of benzene rings is 2. The Morgan fingerprint density at radius 3 is 2.72 bits per heavy atom. The van der Waals surface area contributed by atoms with E-state index in [0.29, 0.717) is 43.3 Å². The molecule has 0 unspecified atom stereocenters. The summed E-state index contributed by atoms with van der Waals surface area (Å²) < 4.78 is 29.5. The lowest BCUT2D eigenvalue weighted by Crippen LogP contribution is -2.30. The van der Waals surface area contributed by atoms with Gasteiger partial charge in [0.25, 0.3) is 0 Å². The summed E-state index contributed by atoms with van der Waals surface area (Å²) in [6.45, 7) is 3.27. The van der Waals surface area contributed by atoms with Crippen LogP contribution in [0, 0.1) is 5.82 Å². The number of oxazole rings is 1. The van der Waals surface area contributed by atoms with Crippen LogP contribution in [0.4, 0.5) is 4.39 Å². The minimum Gasteiger partial charge on any atom is -0.454 e. The van der Waals surface area contributed by atoms with Gasteiger partial charge in [-0.2, -0.15) is 0 Å². The van der Waals surface area contributed by atoms with Crippen LogP contribution in [0.2, 0.25) is 0 Å². The van der Waals surface area contributed by atoms with E-state index >= 15 is 0 Å². The number of carbonyl (C=O) groups is 1. The number of fused-ring (bicyclic) bond motifs is 1. The molecular formula is C22H21FN2O4. The molecule has 150 valence electrons. The monoisotopic (exact) mass is 396 g/mol. The second-order valence-corrected chi connectivity index (χ2v) is 6.72. The fourth-order valence-electron chi connectivity index (χ4n) is 3.18. The molecule has 29 heavy (non-hydrogen) atoms. The Balaban J connectivity index is 1.35. The Bertz CT molecular complexity index is 1000. The molecule has 7 heteroatoms. The molecular weight excluding hydrogens is 375 g/mol. The van der Waals surface area contributed by atoms with Crippen LogP contribution in [0.15, 0.2) is 53.1 Å². The lowest BCUT2D eigenvalue weighted by molar-refractivity contribution is -0.131. The van der Waals surface area contributed by atoms with Gasteiger partial charge in [-0.25, -0.2) is 9.37 Å². The number of hydrogen-bond donors (Lipinski definition) is 0. The van der Waals surface area contributed by atoms with Crippen molar-refractivity contribution in [1.29, 1.82) is 0 Å². The van der Waals surface area contributed by atoms with Gasteiger partial charge in [-0.15, -0.1) is 0 Å². The smallest absolute Gasteiger partial charge is 0.231 e. The van der Waals surface area contributed by atoms with Crippen LogP contribution in [0.25, 0.3) is 11.3 Å². The fourth-order valence-corrected chi connectivity index (χ4v) is 3.18. The molecule has 0 saturated carbocycles. The lowest BCUT2D eigenvalue weighted by atomic mass is 10.1. The molecule has 6 nitrogen and oxygen atoms in total. The Hall–Kier alpha value is -3.35. The highest BCUT2D eigenvalue weighted by molar-refractivity contribution is 5.76. The first-order valence-corrected chi connectivity index (χ1v) is 9.49. The normalized spacial score (nSPS) is 12.2. The van der Waals surface area contributed by atoms with E-state index in [1.54, 1.807) is 23.2 Å². The molecule has 1 aromatic heterocycles. The van der Waals surface area contributed by atoms with Crippen molar-refractivity contribution < 1.29 is 23.1 Å². The summed E-state index contributed by atoms with van der Waals surface area (Å²) in [4.78, 5) is 18.7. The van der Waals surface area contributed by atoms with Gasteiger partial charge >= 0.3 is 0 Å². The third-order valence-corrected chi connectivity index (χ3v) is 4.78. The standard InChI is InChI=1S/C22H21FN2O4/c1-2-25(13-15-3-8-18-19(11-15)28-14-27-18)22(26)10-9-21-24-12-20(29-21)16-4-6-17(23)7-5-16/h3-8,11-12H,2,9-10,13-14H2,1H3. The lowest BCUT2D eigenvalue weighted by Gasteiger charge is -2.21. The van der Waals surface area contributed by atoms with Crippen molar-refractivity contribution in [1.82, 2.24) is 9.88 Å². The highest BCUT2D eigenvalue weighted by Gasteiger charge is 2.17. The molecule has 1 amide bonds. The van der Waals surface area contributed by atoms with Crippen molar-refractivity contribution in [2.24, 2.45) is 0 Å². The van der Waals surface area contributed by atoms with Gasteiger partial charge in [-0.1, -0.05) is 6.07 Å². The van der Waals surface area contributed by atoms with E-state index in [9.17, 15) is 9.18 Å². The second-order valence-electron chi connectivity index (χ2n) is 6.72. The Kier molecular flexibility index (Phi) is 5.46. The average Bonchev–Trinajstić information content (AvgIpc) is 3.40. The van der Waals surface area contributed by atoms with Crippen molar-refractivity contribution in [2.75, 3.05) is 13.3 Å². The maximum Gasteiger partial charge on any atom is 0.231 e. The first-order valence-electron chi connectivity index (χ1n) is 9.49. The molecule has 0 spiro atoms. The molecule has 0 bridgehead atoms. The molecule has 3 aromatic rings. The van der Waals surface area contributed by atoms with E-state index in [4.69, 9.17) is 13.9 Å². The van der Waals surface area contributed by atoms with Crippen molar-refractivity contribution >= 4 is 5.91 Å². The van der Waals surface area contributed by atoms with E-state index in [0.717, 1.165) is 16.9 Å². The van der Waals surface area contributed by atoms with Crippen LogP contribution in [-0.2, 0) is 17.8 Å². The van der Waals surface area contributed by atoms with Gasteiger partial charge in [0.15, 0.2) is 23.1 Å². The number of amides is 1. The third-order valence-electron chi connectivity index (χ3n) is 4.78. The van der Waals surface area contributed by atoms with Crippen LogP contribution in [0.3, 0.4) is 0 Å². The van der Waals surface area contributed by atoms with Crippen LogP contribution < -0.4 is 9.47 Å². The summed E-state index contributed by atoms with van der Waals surface area (Å²) >= 11 is 0.